The number of likely N-dealkylation sites (N-methyl/N-ethyl adjacent to an activating group) is 1. The van der Waals surface area contributed by atoms with E-state index >= 15 is 0 Å². The van der Waals surface area contributed by atoms with Crippen molar-refractivity contribution in [2.45, 2.75) is 32.4 Å². The number of hydrogen-bond acceptors (Lipinski definition) is 5. The third-order valence-electron chi connectivity index (χ3n) is 4.12. The number of nitrogens with one attached hydrogen (secondary N) is 1. The van der Waals surface area contributed by atoms with Gasteiger partial charge in [-0.15, -0.1) is 0 Å². The molecule has 0 saturated carbocycles. The molecule has 2 heterocycles. The standard InChI is InChI=1S/C17H21N3O5/c1-17(2,3)20-11-6-5-10(7-12(11)24-9-14(20)21)19-8-13(15(22)18-4)25-16(19)23/h5-7,13H,8-9H2,1-4H3,(H,18,22)/t13-/m1/s1. The van der Waals surface area contributed by atoms with Gasteiger partial charge in [0, 0.05) is 18.7 Å². The summed E-state index contributed by atoms with van der Waals surface area (Å²) >= 11 is 0. The molecule has 134 valence electrons. The maximum atomic E-state index is 12.2. The first-order valence-electron chi connectivity index (χ1n) is 8.02. The summed E-state index contributed by atoms with van der Waals surface area (Å²) in [5.41, 5.74) is 0.815. The molecule has 1 N–H and O–H groups in total. The zero-order chi connectivity index (χ0) is 18.4. The zero-order valence-electron chi connectivity index (χ0n) is 14.7. The Bertz CT molecular complexity index is 740. The average Bonchev–Trinajstić information content (AvgIpc) is 2.94. The van der Waals surface area contributed by atoms with Crippen molar-refractivity contribution in [3.8, 4) is 5.75 Å². The maximum Gasteiger partial charge on any atom is 0.415 e. The quantitative estimate of drug-likeness (QED) is 0.871. The van der Waals surface area contributed by atoms with Gasteiger partial charge in [-0.1, -0.05) is 0 Å². The fraction of sp³-hybridized carbons (Fsp3) is 0.471. The molecule has 0 aliphatic carbocycles. The molecule has 1 atom stereocenters. The van der Waals surface area contributed by atoms with Crippen molar-refractivity contribution < 1.29 is 23.9 Å². The second-order valence-electron chi connectivity index (χ2n) is 6.94. The van der Waals surface area contributed by atoms with Crippen LogP contribution in [0.4, 0.5) is 16.2 Å². The van der Waals surface area contributed by atoms with Gasteiger partial charge in [0.25, 0.3) is 11.8 Å². The van der Waals surface area contributed by atoms with Crippen molar-refractivity contribution in [2.24, 2.45) is 0 Å². The van der Waals surface area contributed by atoms with Gasteiger partial charge in [-0.3, -0.25) is 14.5 Å². The summed E-state index contributed by atoms with van der Waals surface area (Å²) in [5, 5.41) is 2.47. The zero-order valence-corrected chi connectivity index (χ0v) is 14.7. The normalized spacial score (nSPS) is 20.1. The number of anilines is 2. The van der Waals surface area contributed by atoms with Crippen LogP contribution in [-0.2, 0) is 14.3 Å². The van der Waals surface area contributed by atoms with E-state index in [4.69, 9.17) is 9.47 Å². The van der Waals surface area contributed by atoms with E-state index in [2.05, 4.69) is 5.32 Å². The van der Waals surface area contributed by atoms with Crippen LogP contribution in [0.2, 0.25) is 0 Å². The fourth-order valence-electron chi connectivity index (χ4n) is 3.02. The number of cyclic esters (lactones) is 1. The van der Waals surface area contributed by atoms with E-state index in [0.29, 0.717) is 17.1 Å². The summed E-state index contributed by atoms with van der Waals surface area (Å²) in [6.45, 7) is 5.90. The van der Waals surface area contributed by atoms with Crippen LogP contribution >= 0.6 is 0 Å². The van der Waals surface area contributed by atoms with Gasteiger partial charge < -0.3 is 19.7 Å². The van der Waals surface area contributed by atoms with Crippen molar-refractivity contribution >= 4 is 29.3 Å². The molecule has 0 unspecified atom stereocenters. The Morgan fingerprint density at radius 3 is 2.64 bits per heavy atom. The molecule has 8 heteroatoms. The molecule has 0 bridgehead atoms. The van der Waals surface area contributed by atoms with Crippen molar-refractivity contribution in [1.29, 1.82) is 0 Å². The molecule has 3 amide bonds. The van der Waals surface area contributed by atoms with Crippen LogP contribution in [0.15, 0.2) is 18.2 Å². The Labute approximate surface area is 145 Å². The molecule has 1 fully saturated rings. The molecule has 0 radical (unpaired) electrons. The number of ether oxygens (including phenoxy) is 2. The van der Waals surface area contributed by atoms with Crippen molar-refractivity contribution in [1.82, 2.24) is 5.32 Å². The smallest absolute Gasteiger partial charge is 0.415 e. The number of amides is 3. The Balaban J connectivity index is 1.91. The second-order valence-corrected chi connectivity index (χ2v) is 6.94. The molecule has 0 spiro atoms. The minimum absolute atomic E-state index is 0.0565. The minimum Gasteiger partial charge on any atom is -0.481 e. The molecule has 0 aromatic heterocycles. The van der Waals surface area contributed by atoms with E-state index in [-0.39, 0.29) is 25.0 Å². The van der Waals surface area contributed by atoms with E-state index in [1.807, 2.05) is 20.8 Å². The molecule has 1 saturated heterocycles. The number of nitrogens with zero attached hydrogens (tertiary/aromatic N) is 2. The van der Waals surface area contributed by atoms with E-state index < -0.39 is 17.7 Å². The highest BCUT2D eigenvalue weighted by Crippen LogP contribution is 2.39. The SMILES string of the molecule is CNC(=O)[C@H]1CN(c2ccc3c(c2)OCC(=O)N3C(C)(C)C)C(=O)O1. The lowest BCUT2D eigenvalue weighted by molar-refractivity contribution is -0.127. The van der Waals surface area contributed by atoms with Gasteiger partial charge in [0.15, 0.2) is 12.7 Å². The predicted molar refractivity (Wildman–Crippen MR) is 90.9 cm³/mol. The summed E-state index contributed by atoms with van der Waals surface area (Å²) in [4.78, 5) is 39.0. The van der Waals surface area contributed by atoms with Crippen LogP contribution in [0, 0.1) is 0 Å². The van der Waals surface area contributed by atoms with Crippen LogP contribution in [0.25, 0.3) is 0 Å². The Hall–Kier alpha value is -2.77. The third kappa shape index (κ3) is 2.99. The van der Waals surface area contributed by atoms with Gasteiger partial charge in [0.05, 0.1) is 17.9 Å². The molecule has 2 aliphatic heterocycles. The van der Waals surface area contributed by atoms with Crippen LogP contribution in [0.3, 0.4) is 0 Å². The molecule has 25 heavy (non-hydrogen) atoms. The highest BCUT2D eigenvalue weighted by Gasteiger charge is 2.38. The summed E-state index contributed by atoms with van der Waals surface area (Å²) < 4.78 is 10.6. The molecular formula is C17H21N3O5. The number of fused-ring (bicyclic) bond motifs is 1. The first-order chi connectivity index (χ1) is 11.7. The Morgan fingerprint density at radius 1 is 1.28 bits per heavy atom. The maximum absolute atomic E-state index is 12.2. The summed E-state index contributed by atoms with van der Waals surface area (Å²) in [6.07, 6.45) is -1.43. The molecule has 3 rings (SSSR count). The Morgan fingerprint density at radius 2 is 2.00 bits per heavy atom. The van der Waals surface area contributed by atoms with Crippen molar-refractivity contribution in [3.63, 3.8) is 0 Å². The van der Waals surface area contributed by atoms with E-state index in [1.165, 1.54) is 11.9 Å². The number of carbonyl (C=O) groups excluding carboxylic acids is 3. The van der Waals surface area contributed by atoms with Crippen molar-refractivity contribution in [3.05, 3.63) is 18.2 Å². The number of rotatable bonds is 2. The lowest BCUT2D eigenvalue weighted by atomic mass is 10.0. The van der Waals surface area contributed by atoms with Gasteiger partial charge in [0.1, 0.15) is 5.75 Å². The first-order valence-corrected chi connectivity index (χ1v) is 8.02. The van der Waals surface area contributed by atoms with E-state index in [0.717, 1.165) is 0 Å². The van der Waals surface area contributed by atoms with E-state index in [1.54, 1.807) is 23.1 Å². The summed E-state index contributed by atoms with van der Waals surface area (Å²) in [6, 6.07) is 5.15. The van der Waals surface area contributed by atoms with Crippen LogP contribution in [0.5, 0.6) is 5.75 Å². The molecule has 2 aliphatic rings. The monoisotopic (exact) mass is 347 g/mol. The molecular weight excluding hydrogens is 326 g/mol. The summed E-state index contributed by atoms with van der Waals surface area (Å²) in [7, 11) is 1.49. The van der Waals surface area contributed by atoms with Crippen LogP contribution in [0.1, 0.15) is 20.8 Å². The van der Waals surface area contributed by atoms with Crippen molar-refractivity contribution in [2.75, 3.05) is 30.0 Å². The second kappa shape index (κ2) is 5.94. The molecule has 1 aromatic rings. The minimum atomic E-state index is -0.845. The molecule has 8 nitrogen and oxygen atoms in total. The van der Waals surface area contributed by atoms with Gasteiger partial charge in [-0.25, -0.2) is 4.79 Å². The summed E-state index contributed by atoms with van der Waals surface area (Å²) in [5.74, 6) is 0.0470. The number of carbonyl (C=O) groups is 3. The van der Waals surface area contributed by atoms with Crippen LogP contribution in [-0.4, -0.2) is 49.7 Å². The lowest BCUT2D eigenvalue weighted by Gasteiger charge is -2.39. The van der Waals surface area contributed by atoms with Gasteiger partial charge in [-0.05, 0) is 32.9 Å². The number of hydrogen-bond donors (Lipinski definition) is 1. The number of benzene rings is 1. The highest BCUT2D eigenvalue weighted by molar-refractivity contribution is 6.00. The lowest BCUT2D eigenvalue weighted by Crippen LogP contribution is -2.50. The third-order valence-corrected chi connectivity index (χ3v) is 4.12. The predicted octanol–water partition coefficient (Wildman–Crippen LogP) is 1.28. The topological polar surface area (TPSA) is 88.2 Å². The molecule has 1 aromatic carbocycles. The van der Waals surface area contributed by atoms with Gasteiger partial charge in [0.2, 0.25) is 0 Å². The average molecular weight is 347 g/mol. The Kier molecular flexibility index (Phi) is 4.06. The van der Waals surface area contributed by atoms with E-state index in [9.17, 15) is 14.4 Å². The first kappa shape index (κ1) is 17.1. The fourth-order valence-corrected chi connectivity index (χ4v) is 3.02. The highest BCUT2D eigenvalue weighted by atomic mass is 16.6. The van der Waals surface area contributed by atoms with Gasteiger partial charge in [-0.2, -0.15) is 0 Å². The van der Waals surface area contributed by atoms with Crippen LogP contribution < -0.4 is 19.9 Å². The van der Waals surface area contributed by atoms with Gasteiger partial charge >= 0.3 is 6.09 Å². The largest absolute Gasteiger partial charge is 0.481 e.